The zero-order valence-corrected chi connectivity index (χ0v) is 14.9. The number of benzene rings is 1. The summed E-state index contributed by atoms with van der Waals surface area (Å²) in [4.78, 5) is 41.0. The molecule has 1 N–H and O–H groups in total. The number of amides is 1. The Morgan fingerprint density at radius 2 is 1.79 bits per heavy atom. The zero-order valence-electron chi connectivity index (χ0n) is 14.9. The van der Waals surface area contributed by atoms with Crippen molar-refractivity contribution in [1.29, 1.82) is 0 Å². The summed E-state index contributed by atoms with van der Waals surface area (Å²) >= 11 is 0. The molecule has 0 saturated carbocycles. The largest absolute Gasteiger partial charge is 0.416 e. The highest BCUT2D eigenvalue weighted by molar-refractivity contribution is 5.76. The number of halogens is 3. The highest BCUT2D eigenvalue weighted by atomic mass is 19.4. The molecule has 0 spiro atoms. The first-order valence-corrected chi connectivity index (χ1v) is 8.13. The maximum Gasteiger partial charge on any atom is 0.416 e. The molecule has 2 aromatic heterocycles. The van der Waals surface area contributed by atoms with Crippen LogP contribution in [0.4, 0.5) is 13.2 Å². The average molecular weight is 395 g/mol. The van der Waals surface area contributed by atoms with Crippen molar-refractivity contribution in [2.45, 2.75) is 19.3 Å². The molecule has 11 heteroatoms. The summed E-state index contributed by atoms with van der Waals surface area (Å²) in [6.45, 7) is -0.562. The van der Waals surface area contributed by atoms with Crippen LogP contribution in [0.15, 0.2) is 40.2 Å². The van der Waals surface area contributed by atoms with E-state index in [0.29, 0.717) is 5.56 Å². The summed E-state index contributed by atoms with van der Waals surface area (Å²) in [7, 11) is 3.03. The molecule has 0 aliphatic carbocycles. The molecular weight excluding hydrogens is 379 g/mol. The molecule has 0 radical (unpaired) electrons. The highest BCUT2D eigenvalue weighted by Crippen LogP contribution is 2.29. The minimum absolute atomic E-state index is 0.0417. The lowest BCUT2D eigenvalue weighted by Crippen LogP contribution is -2.43. The fraction of sp³-hybridized carbons (Fsp3) is 0.294. The number of aryl methyl sites for hydroxylation is 2. The van der Waals surface area contributed by atoms with Gasteiger partial charge in [0.2, 0.25) is 5.91 Å². The number of carbonyl (C=O) groups is 1. The van der Waals surface area contributed by atoms with Gasteiger partial charge in [-0.15, -0.1) is 0 Å². The molecule has 28 heavy (non-hydrogen) atoms. The second-order valence-electron chi connectivity index (χ2n) is 6.23. The molecule has 0 unspecified atom stereocenters. The number of rotatable bonds is 4. The Morgan fingerprint density at radius 1 is 1.14 bits per heavy atom. The number of imidazole rings is 1. The van der Waals surface area contributed by atoms with Crippen LogP contribution in [0.2, 0.25) is 0 Å². The van der Waals surface area contributed by atoms with Gasteiger partial charge in [-0.2, -0.15) is 13.2 Å². The van der Waals surface area contributed by atoms with Gasteiger partial charge in [-0.25, -0.2) is 14.3 Å². The summed E-state index contributed by atoms with van der Waals surface area (Å²) in [5, 5.41) is 2.49. The molecule has 0 aliphatic heterocycles. The summed E-state index contributed by atoms with van der Waals surface area (Å²) in [6.07, 6.45) is -3.05. The quantitative estimate of drug-likeness (QED) is 0.707. The minimum atomic E-state index is -4.44. The third-order valence-electron chi connectivity index (χ3n) is 4.27. The van der Waals surface area contributed by atoms with E-state index in [-0.39, 0.29) is 17.7 Å². The van der Waals surface area contributed by atoms with Gasteiger partial charge < -0.3 is 9.88 Å². The Morgan fingerprint density at radius 3 is 2.39 bits per heavy atom. The van der Waals surface area contributed by atoms with Crippen molar-refractivity contribution in [3.63, 3.8) is 0 Å². The van der Waals surface area contributed by atoms with E-state index >= 15 is 0 Å². The number of hydrogen-bond donors (Lipinski definition) is 1. The summed E-state index contributed by atoms with van der Waals surface area (Å²) in [5.41, 5.74) is -1.30. The Labute approximate surface area is 155 Å². The molecule has 1 amide bonds. The standard InChI is InChI=1S/C17H16F3N5O3/c1-23-9-22-14-13(23)15(27)25(16(28)24(14)2)8-12(26)21-7-10-3-5-11(6-4-10)17(18,19)20/h3-6,9H,7-8H2,1-2H3,(H,21,26). The number of nitrogens with zero attached hydrogens (tertiary/aromatic N) is 4. The molecule has 0 atom stereocenters. The van der Waals surface area contributed by atoms with E-state index < -0.39 is 35.4 Å². The Kier molecular flexibility index (Phi) is 4.84. The number of hydrogen-bond acceptors (Lipinski definition) is 4. The van der Waals surface area contributed by atoms with Crippen molar-refractivity contribution < 1.29 is 18.0 Å². The van der Waals surface area contributed by atoms with Crippen molar-refractivity contribution in [3.05, 3.63) is 62.6 Å². The number of fused-ring (bicyclic) bond motifs is 1. The Hall–Kier alpha value is -3.37. The van der Waals surface area contributed by atoms with Crippen LogP contribution < -0.4 is 16.6 Å². The normalized spacial score (nSPS) is 11.8. The van der Waals surface area contributed by atoms with E-state index in [1.807, 2.05) is 0 Å². The van der Waals surface area contributed by atoms with E-state index in [9.17, 15) is 27.6 Å². The number of carbonyl (C=O) groups excluding carboxylic acids is 1. The van der Waals surface area contributed by atoms with Gasteiger partial charge in [-0.1, -0.05) is 12.1 Å². The molecular formula is C17H16F3N5O3. The molecule has 0 bridgehead atoms. The van der Waals surface area contributed by atoms with E-state index in [1.165, 1.54) is 34.6 Å². The number of alkyl halides is 3. The van der Waals surface area contributed by atoms with E-state index in [0.717, 1.165) is 16.7 Å². The van der Waals surface area contributed by atoms with Gasteiger partial charge >= 0.3 is 11.9 Å². The maximum absolute atomic E-state index is 12.6. The maximum atomic E-state index is 12.6. The minimum Gasteiger partial charge on any atom is -0.350 e. The smallest absolute Gasteiger partial charge is 0.350 e. The van der Waals surface area contributed by atoms with E-state index in [1.54, 1.807) is 7.05 Å². The molecule has 2 heterocycles. The molecule has 3 rings (SSSR count). The van der Waals surface area contributed by atoms with Gasteiger partial charge in [0.05, 0.1) is 11.9 Å². The molecule has 3 aromatic rings. The molecule has 8 nitrogen and oxygen atoms in total. The van der Waals surface area contributed by atoms with Gasteiger partial charge in [0.25, 0.3) is 5.56 Å². The lowest BCUT2D eigenvalue weighted by Gasteiger charge is -2.10. The van der Waals surface area contributed by atoms with Crippen LogP contribution in [0.1, 0.15) is 11.1 Å². The van der Waals surface area contributed by atoms with Crippen molar-refractivity contribution in [3.8, 4) is 0 Å². The highest BCUT2D eigenvalue weighted by Gasteiger charge is 2.29. The topological polar surface area (TPSA) is 90.9 Å². The lowest BCUT2D eigenvalue weighted by molar-refractivity contribution is -0.137. The van der Waals surface area contributed by atoms with E-state index in [2.05, 4.69) is 10.3 Å². The summed E-state index contributed by atoms with van der Waals surface area (Å²) in [5.74, 6) is -0.624. The van der Waals surface area contributed by atoms with Gasteiger partial charge in [-0.3, -0.25) is 14.2 Å². The first-order valence-electron chi connectivity index (χ1n) is 8.13. The van der Waals surface area contributed by atoms with E-state index in [4.69, 9.17) is 0 Å². The molecule has 148 valence electrons. The molecule has 0 fully saturated rings. The lowest BCUT2D eigenvalue weighted by atomic mass is 10.1. The predicted molar refractivity (Wildman–Crippen MR) is 93.5 cm³/mol. The van der Waals surface area contributed by atoms with Crippen molar-refractivity contribution in [1.82, 2.24) is 24.0 Å². The third kappa shape index (κ3) is 3.55. The first-order chi connectivity index (χ1) is 13.1. The van der Waals surface area contributed by atoms with Gasteiger partial charge in [0.15, 0.2) is 11.2 Å². The van der Waals surface area contributed by atoms with Crippen LogP contribution in [0.5, 0.6) is 0 Å². The predicted octanol–water partition coefficient (Wildman–Crippen LogP) is 0.769. The molecule has 0 aliphatic rings. The van der Waals surface area contributed by atoms with Crippen molar-refractivity contribution in [2.24, 2.45) is 14.1 Å². The Bertz CT molecular complexity index is 1160. The van der Waals surface area contributed by atoms with Crippen LogP contribution in [0.25, 0.3) is 11.2 Å². The fourth-order valence-electron chi connectivity index (χ4n) is 2.75. The van der Waals surface area contributed by atoms with Gasteiger partial charge in [0.1, 0.15) is 6.54 Å². The molecule has 0 saturated heterocycles. The SMILES string of the molecule is Cn1cnc2c1c(=O)n(CC(=O)NCc1ccc(C(F)(F)F)cc1)c(=O)n2C. The number of nitrogens with one attached hydrogen (secondary N) is 1. The summed E-state index contributed by atoms with van der Waals surface area (Å²) < 4.78 is 41.1. The molecule has 1 aromatic carbocycles. The summed E-state index contributed by atoms with van der Waals surface area (Å²) in [6, 6.07) is 4.32. The van der Waals surface area contributed by atoms with Crippen LogP contribution in [0.3, 0.4) is 0 Å². The van der Waals surface area contributed by atoms with Crippen LogP contribution in [0, 0.1) is 0 Å². The van der Waals surface area contributed by atoms with Crippen molar-refractivity contribution in [2.75, 3.05) is 0 Å². The van der Waals surface area contributed by atoms with Gasteiger partial charge in [-0.05, 0) is 17.7 Å². The van der Waals surface area contributed by atoms with Crippen LogP contribution in [-0.4, -0.2) is 24.6 Å². The average Bonchev–Trinajstić information content (AvgIpc) is 3.03. The monoisotopic (exact) mass is 395 g/mol. The number of aromatic nitrogens is 4. The zero-order chi connectivity index (χ0) is 20.6. The fourth-order valence-corrected chi connectivity index (χ4v) is 2.75. The first kappa shape index (κ1) is 19.4. The third-order valence-corrected chi connectivity index (χ3v) is 4.27. The van der Waals surface area contributed by atoms with Crippen LogP contribution in [-0.2, 0) is 38.2 Å². The Balaban J connectivity index is 1.76. The van der Waals surface area contributed by atoms with Gasteiger partial charge in [0, 0.05) is 20.6 Å². The second kappa shape index (κ2) is 6.98. The van der Waals surface area contributed by atoms with Crippen molar-refractivity contribution >= 4 is 17.1 Å². The van der Waals surface area contributed by atoms with Crippen LogP contribution >= 0.6 is 0 Å². The second-order valence-corrected chi connectivity index (χ2v) is 6.23.